The lowest BCUT2D eigenvalue weighted by atomic mass is 9.98. The highest BCUT2D eigenvalue weighted by molar-refractivity contribution is 5.77. The zero-order valence-corrected chi connectivity index (χ0v) is 21.4. The molecule has 14 heteroatoms. The Morgan fingerprint density at radius 3 is 2.79 bits per heavy atom. The molecular formula is C24H34F2N6O6. The highest BCUT2D eigenvalue weighted by Gasteiger charge is 2.42. The average Bonchev–Trinajstić information content (AvgIpc) is 3.33. The number of nitrogen functional groups attached to an aromatic ring is 1. The number of rotatable bonds is 14. The topological polar surface area (TPSA) is 156 Å². The minimum Gasteiger partial charge on any atom is -0.476 e. The predicted octanol–water partition coefficient (Wildman–Crippen LogP) is 1.78. The quantitative estimate of drug-likeness (QED) is 0.139. The molecule has 0 aromatic carbocycles. The van der Waals surface area contributed by atoms with Crippen LogP contribution in [0.25, 0.3) is 11.2 Å². The van der Waals surface area contributed by atoms with Gasteiger partial charge in [0.05, 0.1) is 19.7 Å². The lowest BCUT2D eigenvalue weighted by Gasteiger charge is -2.31. The van der Waals surface area contributed by atoms with Crippen LogP contribution in [0.15, 0.2) is 6.33 Å². The summed E-state index contributed by atoms with van der Waals surface area (Å²) in [5.74, 6) is -1.77. The Bertz CT molecular complexity index is 1110. The molecule has 4 atom stereocenters. The van der Waals surface area contributed by atoms with Crippen LogP contribution in [0, 0.1) is 12.3 Å². The van der Waals surface area contributed by atoms with Crippen molar-refractivity contribution in [3.05, 3.63) is 6.33 Å². The van der Waals surface area contributed by atoms with Gasteiger partial charge in [-0.05, 0) is 39.5 Å². The number of terminal acetylenes is 1. The summed E-state index contributed by atoms with van der Waals surface area (Å²) in [6, 6.07) is -0.731. The third-order valence-electron chi connectivity index (χ3n) is 6.01. The number of halogens is 2. The van der Waals surface area contributed by atoms with Crippen LogP contribution >= 0.6 is 0 Å². The fourth-order valence-corrected chi connectivity index (χ4v) is 3.95. The molecule has 0 radical (unpaired) electrons. The number of hydrogen-bond acceptors (Lipinski definition) is 11. The minimum absolute atomic E-state index is 0.0223. The van der Waals surface area contributed by atoms with Gasteiger partial charge in [-0.2, -0.15) is 9.97 Å². The third kappa shape index (κ3) is 7.25. The molecule has 2 heterocycles. The molecule has 1 fully saturated rings. The number of esters is 1. The third-order valence-corrected chi connectivity index (χ3v) is 6.01. The van der Waals surface area contributed by atoms with Gasteiger partial charge in [-0.15, -0.1) is 6.42 Å². The summed E-state index contributed by atoms with van der Waals surface area (Å²) in [6.07, 6.45) is 7.31. The van der Waals surface area contributed by atoms with Gasteiger partial charge in [-0.3, -0.25) is 14.7 Å². The monoisotopic (exact) mass is 540 g/mol. The minimum atomic E-state index is -3.03. The predicted molar refractivity (Wildman–Crippen MR) is 132 cm³/mol. The van der Waals surface area contributed by atoms with E-state index >= 15 is 4.39 Å². The molecule has 0 aliphatic heterocycles. The number of anilines is 1. The maximum Gasteiger partial charge on any atom is 0.323 e. The molecule has 1 aliphatic carbocycles. The Morgan fingerprint density at radius 2 is 2.13 bits per heavy atom. The zero-order valence-electron chi connectivity index (χ0n) is 21.4. The number of alkyl halides is 2. The number of nitrogens with two attached hydrogens (primary N) is 1. The lowest BCUT2D eigenvalue weighted by molar-refractivity contribution is -0.261. The van der Waals surface area contributed by atoms with E-state index in [0.717, 1.165) is 43.0 Å². The Labute approximate surface area is 219 Å². The van der Waals surface area contributed by atoms with Crippen molar-refractivity contribution in [3.63, 3.8) is 0 Å². The summed E-state index contributed by atoms with van der Waals surface area (Å²) in [5.41, 5.74) is 5.90. The molecule has 1 aliphatic rings. The maximum absolute atomic E-state index is 15.7. The number of carbonyl (C=O) groups excluding carboxylic acids is 1. The molecule has 38 heavy (non-hydrogen) atoms. The van der Waals surface area contributed by atoms with Crippen molar-refractivity contribution in [1.29, 1.82) is 0 Å². The molecule has 210 valence electrons. The van der Waals surface area contributed by atoms with Crippen LogP contribution < -0.4 is 15.8 Å². The summed E-state index contributed by atoms with van der Waals surface area (Å²) in [6.45, 7) is 1.12. The first kappa shape index (κ1) is 29.4. The first-order valence-electron chi connectivity index (χ1n) is 12.4. The van der Waals surface area contributed by atoms with Crippen LogP contribution in [0.4, 0.5) is 14.7 Å². The molecule has 1 saturated carbocycles. The molecule has 0 bridgehead atoms. The van der Waals surface area contributed by atoms with E-state index in [1.54, 1.807) is 13.8 Å². The van der Waals surface area contributed by atoms with Gasteiger partial charge in [0.2, 0.25) is 11.8 Å². The highest BCUT2D eigenvalue weighted by atomic mass is 19.2. The van der Waals surface area contributed by atoms with Crippen LogP contribution in [0.5, 0.6) is 5.88 Å². The number of nitrogens with one attached hydrogen (secondary N) is 1. The Hall–Kier alpha value is -3.12. The second-order valence-corrected chi connectivity index (χ2v) is 8.84. The van der Waals surface area contributed by atoms with Crippen LogP contribution in [-0.4, -0.2) is 81.3 Å². The number of nitrogens with zero attached hydrogens (tertiary/aromatic N) is 4. The number of carbonyl (C=O) groups is 1. The number of fused-ring (bicyclic) bond motifs is 1. The van der Waals surface area contributed by atoms with Crippen LogP contribution in [0.2, 0.25) is 0 Å². The van der Waals surface area contributed by atoms with Gasteiger partial charge in [0.1, 0.15) is 25.4 Å². The maximum atomic E-state index is 15.7. The van der Waals surface area contributed by atoms with Crippen LogP contribution in [-0.2, 0) is 19.0 Å². The summed E-state index contributed by atoms with van der Waals surface area (Å²) in [5, 5.41) is 12.9. The van der Waals surface area contributed by atoms with E-state index in [4.69, 9.17) is 31.1 Å². The lowest BCUT2D eigenvalue weighted by Crippen LogP contribution is -2.47. The molecular weight excluding hydrogens is 506 g/mol. The summed E-state index contributed by atoms with van der Waals surface area (Å²) in [7, 11) is 0. The van der Waals surface area contributed by atoms with E-state index in [2.05, 4.69) is 20.3 Å². The van der Waals surface area contributed by atoms with Crippen molar-refractivity contribution in [2.24, 2.45) is 0 Å². The van der Waals surface area contributed by atoms with Crippen molar-refractivity contribution in [2.75, 3.05) is 32.4 Å². The van der Waals surface area contributed by atoms with Gasteiger partial charge in [0.15, 0.2) is 23.5 Å². The summed E-state index contributed by atoms with van der Waals surface area (Å²) in [4.78, 5) is 24.4. The summed E-state index contributed by atoms with van der Waals surface area (Å²) < 4.78 is 52.3. The van der Waals surface area contributed by atoms with E-state index < -0.39 is 43.5 Å². The zero-order chi connectivity index (χ0) is 27.7. The van der Waals surface area contributed by atoms with E-state index in [1.165, 1.54) is 0 Å². The van der Waals surface area contributed by atoms with Crippen molar-refractivity contribution in [3.8, 4) is 18.2 Å². The van der Waals surface area contributed by atoms with E-state index in [0.29, 0.717) is 0 Å². The molecule has 12 nitrogen and oxygen atoms in total. The van der Waals surface area contributed by atoms with Gasteiger partial charge < -0.3 is 29.8 Å². The summed E-state index contributed by atoms with van der Waals surface area (Å²) >= 11 is 0. The van der Waals surface area contributed by atoms with Gasteiger partial charge in [-0.25, -0.2) is 13.8 Å². The SMILES string of the molecule is C#C[C@H](O)[C@@](F)(COCNC(C)C(=O)OC1CCCCC1)O[C@H](CF)n1cnc2c(OCC)nc(N)nc21. The van der Waals surface area contributed by atoms with Crippen LogP contribution in [0.1, 0.15) is 52.2 Å². The number of aliphatic hydroxyl groups excluding tert-OH is 1. The van der Waals surface area contributed by atoms with Crippen molar-refractivity contribution in [1.82, 2.24) is 24.8 Å². The molecule has 3 rings (SSSR count). The molecule has 0 amide bonds. The second kappa shape index (κ2) is 13.6. The molecule has 2 aromatic heterocycles. The molecule has 4 N–H and O–H groups in total. The van der Waals surface area contributed by atoms with Gasteiger partial charge >= 0.3 is 5.97 Å². The number of imidazole rings is 1. The Balaban J connectivity index is 1.64. The molecule has 2 aromatic rings. The first-order chi connectivity index (χ1) is 18.2. The van der Waals surface area contributed by atoms with Crippen LogP contribution in [0.3, 0.4) is 0 Å². The molecule has 0 saturated heterocycles. The highest BCUT2D eigenvalue weighted by Crippen LogP contribution is 2.30. The number of hydrogen-bond donors (Lipinski definition) is 3. The molecule has 1 unspecified atom stereocenters. The number of aliphatic hydroxyl groups is 1. The van der Waals surface area contributed by atoms with Crippen molar-refractivity contribution in [2.45, 2.75) is 76.3 Å². The normalized spacial score (nSPS) is 18.3. The van der Waals surface area contributed by atoms with Gasteiger partial charge in [-0.1, -0.05) is 12.3 Å². The molecule has 0 spiro atoms. The van der Waals surface area contributed by atoms with E-state index in [-0.39, 0.29) is 42.4 Å². The Kier molecular flexibility index (Phi) is 10.5. The van der Waals surface area contributed by atoms with Gasteiger partial charge in [0, 0.05) is 0 Å². The average molecular weight is 541 g/mol. The Morgan fingerprint density at radius 1 is 1.39 bits per heavy atom. The standard InChI is InChI=1S/C24H34F2N6O6/c1-4-17(33)24(26,12-35-14-29-15(3)22(34)37-16-9-7-6-8-10-16)38-18(11-25)32-13-28-19-20(32)30-23(27)31-21(19)36-5-2/h1,13,15-18,29,33H,5-12,14H2,2-3H3,(H2,27,30,31)/t15?,17-,18+,24+/m0/s1. The van der Waals surface area contributed by atoms with Crippen molar-refractivity contribution < 1.29 is 37.6 Å². The van der Waals surface area contributed by atoms with Gasteiger partial charge in [0.25, 0.3) is 5.85 Å². The van der Waals surface area contributed by atoms with E-state index in [1.807, 2.05) is 5.92 Å². The first-order valence-corrected chi connectivity index (χ1v) is 12.4. The largest absolute Gasteiger partial charge is 0.476 e. The number of aromatic nitrogens is 4. The fraction of sp³-hybridized carbons (Fsp3) is 0.667. The number of ether oxygens (including phenoxy) is 4. The van der Waals surface area contributed by atoms with Crippen molar-refractivity contribution >= 4 is 23.1 Å². The fourth-order valence-electron chi connectivity index (χ4n) is 3.95. The smallest absolute Gasteiger partial charge is 0.323 e. The second-order valence-electron chi connectivity index (χ2n) is 8.84. The van der Waals surface area contributed by atoms with E-state index in [9.17, 15) is 14.3 Å².